The van der Waals surface area contributed by atoms with Gasteiger partial charge >= 0.3 is 0 Å². The topological polar surface area (TPSA) is 75.7 Å². The van der Waals surface area contributed by atoms with Gasteiger partial charge in [0.25, 0.3) is 5.91 Å². The van der Waals surface area contributed by atoms with Gasteiger partial charge in [0, 0.05) is 19.6 Å². The van der Waals surface area contributed by atoms with Crippen molar-refractivity contribution >= 4 is 27.5 Å². The van der Waals surface area contributed by atoms with Crippen molar-refractivity contribution in [1.29, 1.82) is 0 Å². The standard InChI is InChI=1S/C19H23ClN2O4S/c1-4-22(5-2)27(24,25)16-10-11-18(20)17(12-16)19(23)21-13-14-6-8-15(26-3)9-7-14/h6-12H,4-5,13H2,1-3H3,(H,21,23). The van der Waals surface area contributed by atoms with Crippen LogP contribution in [0.3, 0.4) is 0 Å². The first-order chi connectivity index (χ1) is 12.8. The Balaban J connectivity index is 2.20. The number of rotatable bonds is 8. The van der Waals surface area contributed by atoms with Crippen LogP contribution in [0.25, 0.3) is 0 Å². The van der Waals surface area contributed by atoms with Crippen LogP contribution in [0.2, 0.25) is 5.02 Å². The van der Waals surface area contributed by atoms with E-state index in [4.69, 9.17) is 16.3 Å². The Kier molecular flexibility index (Phi) is 7.24. The molecule has 0 atom stereocenters. The van der Waals surface area contributed by atoms with Crippen molar-refractivity contribution in [3.05, 3.63) is 58.6 Å². The number of amides is 1. The predicted molar refractivity (Wildman–Crippen MR) is 106 cm³/mol. The smallest absolute Gasteiger partial charge is 0.253 e. The lowest BCUT2D eigenvalue weighted by molar-refractivity contribution is 0.0951. The van der Waals surface area contributed by atoms with Crippen LogP contribution in [-0.4, -0.2) is 38.8 Å². The minimum Gasteiger partial charge on any atom is -0.497 e. The number of hydrogen-bond donors (Lipinski definition) is 1. The highest BCUT2D eigenvalue weighted by molar-refractivity contribution is 7.89. The van der Waals surface area contributed by atoms with Crippen LogP contribution in [-0.2, 0) is 16.6 Å². The molecular formula is C19H23ClN2O4S. The molecule has 0 heterocycles. The number of carbonyl (C=O) groups excluding carboxylic acids is 1. The summed E-state index contributed by atoms with van der Waals surface area (Å²) >= 11 is 6.12. The zero-order valence-corrected chi connectivity index (χ0v) is 17.1. The van der Waals surface area contributed by atoms with E-state index in [2.05, 4.69) is 5.32 Å². The fourth-order valence-electron chi connectivity index (χ4n) is 2.57. The number of nitrogens with one attached hydrogen (secondary N) is 1. The van der Waals surface area contributed by atoms with E-state index in [-0.39, 0.29) is 22.0 Å². The van der Waals surface area contributed by atoms with E-state index < -0.39 is 15.9 Å². The Labute approximate surface area is 165 Å². The van der Waals surface area contributed by atoms with Gasteiger partial charge in [-0.05, 0) is 35.9 Å². The van der Waals surface area contributed by atoms with Gasteiger partial charge < -0.3 is 10.1 Å². The zero-order valence-electron chi connectivity index (χ0n) is 15.5. The number of methoxy groups -OCH3 is 1. The molecule has 27 heavy (non-hydrogen) atoms. The maximum atomic E-state index is 12.7. The Bertz CT molecular complexity index is 894. The summed E-state index contributed by atoms with van der Waals surface area (Å²) in [6, 6.07) is 11.4. The highest BCUT2D eigenvalue weighted by Crippen LogP contribution is 2.23. The molecule has 0 spiro atoms. The Morgan fingerprint density at radius 3 is 2.30 bits per heavy atom. The average Bonchev–Trinajstić information content (AvgIpc) is 2.67. The minimum absolute atomic E-state index is 0.0465. The molecule has 0 bridgehead atoms. The molecule has 8 heteroatoms. The van der Waals surface area contributed by atoms with E-state index in [0.717, 1.165) is 11.3 Å². The van der Waals surface area contributed by atoms with Crippen LogP contribution in [0, 0.1) is 0 Å². The minimum atomic E-state index is -3.67. The maximum absolute atomic E-state index is 12.7. The molecule has 0 unspecified atom stereocenters. The molecule has 2 aromatic rings. The van der Waals surface area contributed by atoms with E-state index in [1.807, 2.05) is 12.1 Å². The number of ether oxygens (including phenoxy) is 1. The second kappa shape index (κ2) is 9.21. The average molecular weight is 411 g/mol. The second-order valence-corrected chi connectivity index (χ2v) is 8.11. The molecule has 0 saturated carbocycles. The van der Waals surface area contributed by atoms with E-state index in [1.54, 1.807) is 33.1 Å². The summed E-state index contributed by atoms with van der Waals surface area (Å²) in [6.07, 6.45) is 0. The third kappa shape index (κ3) is 5.00. The number of sulfonamides is 1. The van der Waals surface area contributed by atoms with Crippen LogP contribution in [0.4, 0.5) is 0 Å². The lowest BCUT2D eigenvalue weighted by atomic mass is 10.2. The van der Waals surface area contributed by atoms with Crippen molar-refractivity contribution in [1.82, 2.24) is 9.62 Å². The van der Waals surface area contributed by atoms with E-state index in [9.17, 15) is 13.2 Å². The lowest BCUT2D eigenvalue weighted by Gasteiger charge is -2.19. The molecule has 0 radical (unpaired) electrons. The number of hydrogen-bond acceptors (Lipinski definition) is 4. The highest BCUT2D eigenvalue weighted by Gasteiger charge is 2.23. The summed E-state index contributed by atoms with van der Waals surface area (Å²) in [5.74, 6) is 0.287. The van der Waals surface area contributed by atoms with Crippen LogP contribution >= 0.6 is 11.6 Å². The van der Waals surface area contributed by atoms with Crippen molar-refractivity contribution in [2.45, 2.75) is 25.3 Å². The van der Waals surface area contributed by atoms with Gasteiger partial charge in [0.1, 0.15) is 5.75 Å². The van der Waals surface area contributed by atoms with Gasteiger partial charge in [0.2, 0.25) is 10.0 Å². The molecule has 1 amide bonds. The summed E-state index contributed by atoms with van der Waals surface area (Å²) in [5.41, 5.74) is 1.01. The first kappa shape index (κ1) is 21.2. The third-order valence-electron chi connectivity index (χ3n) is 4.14. The summed E-state index contributed by atoms with van der Waals surface area (Å²) in [7, 11) is -2.09. The van der Waals surface area contributed by atoms with E-state index in [1.165, 1.54) is 22.5 Å². The summed E-state index contributed by atoms with van der Waals surface area (Å²) in [5, 5.41) is 2.95. The zero-order chi connectivity index (χ0) is 20.0. The van der Waals surface area contributed by atoms with Crippen LogP contribution < -0.4 is 10.1 Å². The molecule has 2 rings (SSSR count). The lowest BCUT2D eigenvalue weighted by Crippen LogP contribution is -2.31. The maximum Gasteiger partial charge on any atom is 0.253 e. The summed E-state index contributed by atoms with van der Waals surface area (Å²) < 4.78 is 31.7. The highest BCUT2D eigenvalue weighted by atomic mass is 35.5. The van der Waals surface area contributed by atoms with Gasteiger partial charge in [-0.2, -0.15) is 4.31 Å². The van der Waals surface area contributed by atoms with Gasteiger partial charge in [-0.3, -0.25) is 4.79 Å². The molecule has 1 N–H and O–H groups in total. The first-order valence-corrected chi connectivity index (χ1v) is 10.4. The van der Waals surface area contributed by atoms with Crippen molar-refractivity contribution in [3.63, 3.8) is 0 Å². The molecule has 0 aliphatic heterocycles. The quantitative estimate of drug-likeness (QED) is 0.724. The van der Waals surface area contributed by atoms with Gasteiger partial charge in [-0.1, -0.05) is 37.6 Å². The van der Waals surface area contributed by atoms with Crippen molar-refractivity contribution in [3.8, 4) is 5.75 Å². The molecule has 0 aliphatic rings. The molecule has 2 aromatic carbocycles. The number of halogens is 1. The van der Waals surface area contributed by atoms with Gasteiger partial charge in [0.05, 0.1) is 22.6 Å². The van der Waals surface area contributed by atoms with Crippen molar-refractivity contribution in [2.24, 2.45) is 0 Å². The largest absolute Gasteiger partial charge is 0.497 e. The van der Waals surface area contributed by atoms with Gasteiger partial charge in [0.15, 0.2) is 0 Å². The number of carbonyl (C=O) groups is 1. The van der Waals surface area contributed by atoms with E-state index in [0.29, 0.717) is 13.1 Å². The summed E-state index contributed by atoms with van der Waals surface area (Å²) in [6.45, 7) is 4.51. The molecule has 0 aromatic heterocycles. The summed E-state index contributed by atoms with van der Waals surface area (Å²) in [4.78, 5) is 12.6. The van der Waals surface area contributed by atoms with Crippen molar-refractivity contribution < 1.29 is 17.9 Å². The van der Waals surface area contributed by atoms with E-state index >= 15 is 0 Å². The molecule has 0 aliphatic carbocycles. The van der Waals surface area contributed by atoms with Gasteiger partial charge in [-0.25, -0.2) is 8.42 Å². The SMILES string of the molecule is CCN(CC)S(=O)(=O)c1ccc(Cl)c(C(=O)NCc2ccc(OC)cc2)c1. The van der Waals surface area contributed by atoms with Crippen LogP contribution in [0.15, 0.2) is 47.4 Å². The molecule has 146 valence electrons. The monoisotopic (exact) mass is 410 g/mol. The van der Waals surface area contributed by atoms with Crippen LogP contribution in [0.1, 0.15) is 29.8 Å². The first-order valence-electron chi connectivity index (χ1n) is 8.54. The second-order valence-electron chi connectivity index (χ2n) is 5.76. The molecule has 0 fully saturated rings. The fraction of sp³-hybridized carbons (Fsp3) is 0.316. The molecule has 6 nitrogen and oxygen atoms in total. The molecular weight excluding hydrogens is 388 g/mol. The van der Waals surface area contributed by atoms with Crippen molar-refractivity contribution in [2.75, 3.05) is 20.2 Å². The van der Waals surface area contributed by atoms with Crippen LogP contribution in [0.5, 0.6) is 5.75 Å². The molecule has 0 saturated heterocycles. The number of benzene rings is 2. The Morgan fingerprint density at radius 2 is 1.74 bits per heavy atom. The normalized spacial score (nSPS) is 11.4. The van der Waals surface area contributed by atoms with Gasteiger partial charge in [-0.15, -0.1) is 0 Å². The Hall–Kier alpha value is -2.09. The Morgan fingerprint density at radius 1 is 1.11 bits per heavy atom. The predicted octanol–water partition coefficient (Wildman–Crippen LogP) is 3.31. The third-order valence-corrected chi connectivity index (χ3v) is 6.51. The fourth-order valence-corrected chi connectivity index (χ4v) is 4.26. The number of nitrogens with zero attached hydrogens (tertiary/aromatic N) is 1.